The molecule has 0 atom stereocenters. The Labute approximate surface area is 123 Å². The van der Waals surface area contributed by atoms with Gasteiger partial charge >= 0.3 is 0 Å². The van der Waals surface area contributed by atoms with Crippen LogP contribution in [-0.4, -0.2) is 49.6 Å². The van der Waals surface area contributed by atoms with E-state index in [2.05, 4.69) is 4.90 Å². The summed E-state index contributed by atoms with van der Waals surface area (Å²) >= 11 is 0. The van der Waals surface area contributed by atoms with Gasteiger partial charge < -0.3 is 20.3 Å². The lowest BCUT2D eigenvalue weighted by Gasteiger charge is -2.37. The summed E-state index contributed by atoms with van der Waals surface area (Å²) in [5.41, 5.74) is 6.16. The third kappa shape index (κ3) is 2.68. The smallest absolute Gasteiger partial charge is 0.242 e. The van der Waals surface area contributed by atoms with Crippen LogP contribution < -0.4 is 15.4 Å². The molecule has 0 aromatic heterocycles. The average Bonchev–Trinajstić information content (AvgIpc) is 3.26. The first-order valence-electron chi connectivity index (χ1n) is 7.20. The van der Waals surface area contributed by atoms with Crippen LogP contribution in [0.1, 0.15) is 12.8 Å². The van der Waals surface area contributed by atoms with Crippen LogP contribution in [0.4, 0.5) is 10.1 Å². The normalized spacial score (nSPS) is 20.3. The first-order valence-corrected chi connectivity index (χ1v) is 7.20. The van der Waals surface area contributed by atoms with Gasteiger partial charge in [0.1, 0.15) is 0 Å². The first kappa shape index (κ1) is 14.1. The second-order valence-corrected chi connectivity index (χ2v) is 5.75. The van der Waals surface area contributed by atoms with Gasteiger partial charge in [0.15, 0.2) is 11.6 Å². The number of ether oxygens (including phenoxy) is 1. The molecule has 1 saturated carbocycles. The highest BCUT2D eigenvalue weighted by molar-refractivity contribution is 5.89. The number of hydrogen-bond acceptors (Lipinski definition) is 4. The van der Waals surface area contributed by atoms with Crippen molar-refractivity contribution in [1.29, 1.82) is 0 Å². The number of carbonyl (C=O) groups excluding carboxylic acids is 1. The van der Waals surface area contributed by atoms with Crippen molar-refractivity contribution >= 4 is 11.6 Å². The van der Waals surface area contributed by atoms with Crippen LogP contribution in [0.25, 0.3) is 0 Å². The van der Waals surface area contributed by atoms with E-state index in [-0.39, 0.29) is 17.5 Å². The molecule has 1 amide bonds. The molecule has 0 radical (unpaired) electrons. The summed E-state index contributed by atoms with van der Waals surface area (Å²) < 4.78 is 18.7. The van der Waals surface area contributed by atoms with E-state index < -0.39 is 5.54 Å². The molecule has 1 aromatic rings. The molecule has 0 spiro atoms. The number of methoxy groups -OCH3 is 1. The highest BCUT2D eigenvalue weighted by Crippen LogP contribution is 2.34. The lowest BCUT2D eigenvalue weighted by atomic mass is 10.2. The molecule has 6 heteroatoms. The van der Waals surface area contributed by atoms with Gasteiger partial charge in [0.05, 0.1) is 12.6 Å². The van der Waals surface area contributed by atoms with E-state index in [1.54, 1.807) is 6.07 Å². The summed E-state index contributed by atoms with van der Waals surface area (Å²) in [6, 6.07) is 4.94. The first-order chi connectivity index (χ1) is 10.0. The van der Waals surface area contributed by atoms with Crippen LogP contribution in [0.5, 0.6) is 5.75 Å². The SMILES string of the molecule is COc1ccc(N2CCN(C(=O)C3(N)CC3)CC2)cc1F. The molecule has 1 aliphatic carbocycles. The zero-order chi connectivity index (χ0) is 15.0. The van der Waals surface area contributed by atoms with Crippen molar-refractivity contribution in [3.05, 3.63) is 24.0 Å². The van der Waals surface area contributed by atoms with E-state index >= 15 is 0 Å². The Hall–Kier alpha value is -1.82. The molecule has 1 saturated heterocycles. The maximum Gasteiger partial charge on any atom is 0.242 e. The largest absolute Gasteiger partial charge is 0.494 e. The minimum Gasteiger partial charge on any atom is -0.494 e. The summed E-state index contributed by atoms with van der Waals surface area (Å²) in [5, 5.41) is 0. The number of hydrogen-bond donors (Lipinski definition) is 1. The molecule has 21 heavy (non-hydrogen) atoms. The van der Waals surface area contributed by atoms with Crippen LogP contribution >= 0.6 is 0 Å². The highest BCUT2D eigenvalue weighted by atomic mass is 19.1. The molecular formula is C15H20FN3O2. The number of anilines is 1. The van der Waals surface area contributed by atoms with Crippen molar-refractivity contribution in [1.82, 2.24) is 4.90 Å². The molecule has 5 nitrogen and oxygen atoms in total. The predicted octanol–water partition coefficient (Wildman–Crippen LogP) is 0.974. The Kier molecular flexibility index (Phi) is 3.49. The molecule has 1 heterocycles. The molecule has 1 aromatic carbocycles. The maximum absolute atomic E-state index is 13.7. The van der Waals surface area contributed by atoms with Crippen molar-refractivity contribution in [2.45, 2.75) is 18.4 Å². The molecular weight excluding hydrogens is 273 g/mol. The number of halogens is 1. The quantitative estimate of drug-likeness (QED) is 0.902. The van der Waals surface area contributed by atoms with Crippen molar-refractivity contribution < 1.29 is 13.9 Å². The lowest BCUT2D eigenvalue weighted by molar-refractivity contribution is -0.133. The minimum atomic E-state index is -0.603. The van der Waals surface area contributed by atoms with Crippen LogP contribution in [-0.2, 0) is 4.79 Å². The van der Waals surface area contributed by atoms with Gasteiger partial charge in [0.25, 0.3) is 0 Å². The van der Waals surface area contributed by atoms with Gasteiger partial charge in [-0.3, -0.25) is 4.79 Å². The summed E-state index contributed by atoms with van der Waals surface area (Å²) in [5.74, 6) is -0.0678. The molecule has 2 fully saturated rings. The van der Waals surface area contributed by atoms with Gasteiger partial charge in [-0.05, 0) is 25.0 Å². The van der Waals surface area contributed by atoms with Crippen LogP contribution in [0.2, 0.25) is 0 Å². The number of amides is 1. The number of benzene rings is 1. The van der Waals surface area contributed by atoms with Crippen LogP contribution in [0, 0.1) is 5.82 Å². The van der Waals surface area contributed by atoms with Crippen molar-refractivity contribution in [2.24, 2.45) is 5.73 Å². The van der Waals surface area contributed by atoms with E-state index in [1.807, 2.05) is 11.0 Å². The maximum atomic E-state index is 13.7. The molecule has 2 N–H and O–H groups in total. The van der Waals surface area contributed by atoms with Crippen molar-refractivity contribution in [3.8, 4) is 5.75 Å². The van der Waals surface area contributed by atoms with Crippen molar-refractivity contribution in [3.63, 3.8) is 0 Å². The molecule has 1 aliphatic heterocycles. The van der Waals surface area contributed by atoms with Gasteiger partial charge in [-0.2, -0.15) is 0 Å². The third-order valence-electron chi connectivity index (χ3n) is 4.28. The fourth-order valence-corrected chi connectivity index (χ4v) is 2.68. The van der Waals surface area contributed by atoms with Gasteiger partial charge in [-0.25, -0.2) is 4.39 Å². The van der Waals surface area contributed by atoms with Gasteiger partial charge in [-0.15, -0.1) is 0 Å². The molecule has 2 aliphatic rings. The Morgan fingerprint density at radius 1 is 1.29 bits per heavy atom. The summed E-state index contributed by atoms with van der Waals surface area (Å²) in [4.78, 5) is 16.1. The summed E-state index contributed by atoms with van der Waals surface area (Å²) in [6.45, 7) is 2.64. The van der Waals surface area contributed by atoms with E-state index in [4.69, 9.17) is 10.5 Å². The number of nitrogens with two attached hydrogens (primary N) is 1. The Morgan fingerprint density at radius 2 is 1.95 bits per heavy atom. The van der Waals surface area contributed by atoms with E-state index in [0.717, 1.165) is 18.5 Å². The Bertz CT molecular complexity index is 552. The molecule has 0 bridgehead atoms. The Morgan fingerprint density at radius 3 is 2.48 bits per heavy atom. The fourth-order valence-electron chi connectivity index (χ4n) is 2.68. The van der Waals surface area contributed by atoms with Crippen LogP contribution in [0.3, 0.4) is 0 Å². The van der Waals surface area contributed by atoms with Gasteiger partial charge in [0.2, 0.25) is 5.91 Å². The predicted molar refractivity (Wildman–Crippen MR) is 77.9 cm³/mol. The molecule has 0 unspecified atom stereocenters. The average molecular weight is 293 g/mol. The summed E-state index contributed by atoms with van der Waals surface area (Å²) in [7, 11) is 1.45. The summed E-state index contributed by atoms with van der Waals surface area (Å²) in [6.07, 6.45) is 1.57. The van der Waals surface area contributed by atoms with Crippen LogP contribution in [0.15, 0.2) is 18.2 Å². The second-order valence-electron chi connectivity index (χ2n) is 5.75. The lowest BCUT2D eigenvalue weighted by Crippen LogP contribution is -2.54. The second kappa shape index (κ2) is 5.18. The van der Waals surface area contributed by atoms with Crippen molar-refractivity contribution in [2.75, 3.05) is 38.2 Å². The third-order valence-corrected chi connectivity index (χ3v) is 4.28. The zero-order valence-electron chi connectivity index (χ0n) is 12.1. The number of carbonyl (C=O) groups is 1. The van der Waals surface area contributed by atoms with E-state index in [9.17, 15) is 9.18 Å². The Balaban J connectivity index is 1.63. The monoisotopic (exact) mass is 293 g/mol. The minimum absolute atomic E-state index is 0.0584. The van der Waals surface area contributed by atoms with Gasteiger partial charge in [0, 0.05) is 37.9 Å². The fraction of sp³-hybridized carbons (Fsp3) is 0.533. The van der Waals surface area contributed by atoms with E-state index in [0.29, 0.717) is 26.2 Å². The number of nitrogens with zero attached hydrogens (tertiary/aromatic N) is 2. The number of rotatable bonds is 3. The highest BCUT2D eigenvalue weighted by Gasteiger charge is 2.48. The zero-order valence-corrected chi connectivity index (χ0v) is 12.1. The molecule has 3 rings (SSSR count). The molecule has 114 valence electrons. The number of piperazine rings is 1. The van der Waals surface area contributed by atoms with Gasteiger partial charge in [-0.1, -0.05) is 0 Å². The standard InChI is InChI=1S/C15H20FN3O2/c1-21-13-3-2-11(10-12(13)16)18-6-8-19(9-7-18)14(20)15(17)4-5-15/h2-3,10H,4-9,17H2,1H3. The van der Waals surface area contributed by atoms with E-state index in [1.165, 1.54) is 13.2 Å². The topological polar surface area (TPSA) is 58.8 Å².